The van der Waals surface area contributed by atoms with Gasteiger partial charge >= 0.3 is 5.97 Å². The van der Waals surface area contributed by atoms with E-state index in [1.165, 1.54) is 30.5 Å². The number of rotatable bonds is 7. The Kier molecular flexibility index (Phi) is 6.85. The van der Waals surface area contributed by atoms with Crippen molar-refractivity contribution in [2.75, 3.05) is 0 Å². The van der Waals surface area contributed by atoms with Crippen LogP contribution in [-0.2, 0) is 11.2 Å². The number of nitro benzene ring substituents is 1. The topological polar surface area (TPSA) is 111 Å². The monoisotopic (exact) mass is 417 g/mol. The standard InChI is InChI=1S/C23H19N3O5/c1-16-2-8-19(9-3-16)23(28)31-21-12-6-18(7-13-21)15-24-25-22(27)14-17-4-10-20(11-5-17)26(29)30/h2-13,15H,14H2,1H3,(H,25,27)/b24-15+. The van der Waals surface area contributed by atoms with Gasteiger partial charge < -0.3 is 4.74 Å². The summed E-state index contributed by atoms with van der Waals surface area (Å²) in [5, 5.41) is 14.5. The number of hydrogen-bond acceptors (Lipinski definition) is 6. The summed E-state index contributed by atoms with van der Waals surface area (Å²) in [6, 6.07) is 19.5. The summed E-state index contributed by atoms with van der Waals surface area (Å²) in [6.07, 6.45) is 1.50. The van der Waals surface area contributed by atoms with Gasteiger partial charge in [0.05, 0.1) is 23.1 Å². The predicted octanol–water partition coefficient (Wildman–Crippen LogP) is 3.82. The van der Waals surface area contributed by atoms with Gasteiger partial charge in [0.2, 0.25) is 5.91 Å². The van der Waals surface area contributed by atoms with Gasteiger partial charge in [0.1, 0.15) is 5.75 Å². The van der Waals surface area contributed by atoms with Crippen LogP contribution in [0.1, 0.15) is 27.0 Å². The Balaban J connectivity index is 1.49. The number of carbonyl (C=O) groups excluding carboxylic acids is 2. The summed E-state index contributed by atoms with van der Waals surface area (Å²) >= 11 is 0. The fourth-order valence-corrected chi connectivity index (χ4v) is 2.62. The molecule has 0 bridgehead atoms. The normalized spacial score (nSPS) is 10.6. The van der Waals surface area contributed by atoms with Crippen molar-refractivity contribution in [2.24, 2.45) is 5.10 Å². The van der Waals surface area contributed by atoms with Crippen LogP contribution in [-0.4, -0.2) is 23.0 Å². The molecule has 1 amide bonds. The summed E-state index contributed by atoms with van der Waals surface area (Å²) in [7, 11) is 0. The molecule has 0 fully saturated rings. The molecule has 1 N–H and O–H groups in total. The lowest BCUT2D eigenvalue weighted by atomic mass is 10.1. The second-order valence-corrected chi connectivity index (χ2v) is 6.72. The molecule has 8 nitrogen and oxygen atoms in total. The number of nitrogens with zero attached hydrogens (tertiary/aromatic N) is 2. The van der Waals surface area contributed by atoms with Crippen LogP contribution >= 0.6 is 0 Å². The van der Waals surface area contributed by atoms with Crippen LogP contribution in [0, 0.1) is 17.0 Å². The lowest BCUT2D eigenvalue weighted by Gasteiger charge is -2.05. The van der Waals surface area contributed by atoms with Gasteiger partial charge in [-0.1, -0.05) is 29.8 Å². The average Bonchev–Trinajstić information content (AvgIpc) is 2.76. The summed E-state index contributed by atoms with van der Waals surface area (Å²) in [6.45, 7) is 1.94. The minimum absolute atomic E-state index is 0.0322. The van der Waals surface area contributed by atoms with Gasteiger partial charge in [0, 0.05) is 12.1 Å². The van der Waals surface area contributed by atoms with Gasteiger partial charge in [-0.3, -0.25) is 14.9 Å². The molecule has 8 heteroatoms. The lowest BCUT2D eigenvalue weighted by molar-refractivity contribution is -0.384. The molecule has 31 heavy (non-hydrogen) atoms. The number of benzene rings is 3. The number of hydrazone groups is 1. The Labute approximate surface area is 178 Å². The number of amides is 1. The lowest BCUT2D eigenvalue weighted by Crippen LogP contribution is -2.19. The molecule has 3 aromatic carbocycles. The molecule has 0 aliphatic carbocycles. The minimum Gasteiger partial charge on any atom is -0.423 e. The number of aryl methyl sites for hydroxylation is 1. The molecule has 0 saturated carbocycles. The maximum absolute atomic E-state index is 12.1. The maximum atomic E-state index is 12.1. The van der Waals surface area contributed by atoms with Gasteiger partial charge in [-0.25, -0.2) is 10.2 Å². The molecule has 0 saturated heterocycles. The van der Waals surface area contributed by atoms with Gasteiger partial charge in [0.25, 0.3) is 5.69 Å². The third kappa shape index (κ3) is 6.33. The Morgan fingerprint density at radius 3 is 2.26 bits per heavy atom. The first-order valence-corrected chi connectivity index (χ1v) is 9.35. The highest BCUT2D eigenvalue weighted by Crippen LogP contribution is 2.14. The molecule has 156 valence electrons. The Bertz CT molecular complexity index is 1110. The third-order valence-corrected chi connectivity index (χ3v) is 4.29. The van der Waals surface area contributed by atoms with Crippen molar-refractivity contribution in [1.82, 2.24) is 5.43 Å². The van der Waals surface area contributed by atoms with E-state index in [1.54, 1.807) is 36.4 Å². The molecule has 3 rings (SSSR count). The first-order valence-electron chi connectivity index (χ1n) is 9.35. The van der Waals surface area contributed by atoms with Crippen LogP contribution in [0.2, 0.25) is 0 Å². The van der Waals surface area contributed by atoms with Crippen LogP contribution in [0.15, 0.2) is 77.9 Å². The molecule has 0 heterocycles. The molecule has 0 spiro atoms. The number of ether oxygens (including phenoxy) is 1. The van der Waals surface area contributed by atoms with E-state index in [1.807, 2.05) is 19.1 Å². The second-order valence-electron chi connectivity index (χ2n) is 6.72. The maximum Gasteiger partial charge on any atom is 0.343 e. The van der Waals surface area contributed by atoms with E-state index in [0.717, 1.165) is 5.56 Å². The predicted molar refractivity (Wildman–Crippen MR) is 115 cm³/mol. The van der Waals surface area contributed by atoms with E-state index in [9.17, 15) is 19.7 Å². The number of nitro groups is 1. The molecule has 0 unspecified atom stereocenters. The second kappa shape index (κ2) is 9.93. The first kappa shape index (κ1) is 21.4. The van der Waals surface area contributed by atoms with E-state index in [2.05, 4.69) is 10.5 Å². The van der Waals surface area contributed by atoms with Crippen LogP contribution in [0.3, 0.4) is 0 Å². The van der Waals surface area contributed by atoms with Crippen molar-refractivity contribution >= 4 is 23.8 Å². The highest BCUT2D eigenvalue weighted by Gasteiger charge is 2.08. The molecule has 0 aliphatic rings. The fraction of sp³-hybridized carbons (Fsp3) is 0.0870. The smallest absolute Gasteiger partial charge is 0.343 e. The van der Waals surface area contributed by atoms with E-state index >= 15 is 0 Å². The molecule has 0 radical (unpaired) electrons. The molecular formula is C23H19N3O5. The zero-order chi connectivity index (χ0) is 22.2. The van der Waals surface area contributed by atoms with Crippen molar-refractivity contribution in [3.63, 3.8) is 0 Å². The van der Waals surface area contributed by atoms with Crippen molar-refractivity contribution in [3.05, 3.63) is 105 Å². The first-order chi connectivity index (χ1) is 14.9. The fourth-order valence-electron chi connectivity index (χ4n) is 2.62. The molecule has 3 aromatic rings. The molecular weight excluding hydrogens is 398 g/mol. The van der Waals surface area contributed by atoms with Gasteiger partial charge in [0.15, 0.2) is 0 Å². The minimum atomic E-state index is -0.497. The van der Waals surface area contributed by atoms with Crippen LogP contribution in [0.25, 0.3) is 0 Å². The Hall–Kier alpha value is -4.33. The molecule has 0 aromatic heterocycles. The van der Waals surface area contributed by atoms with Gasteiger partial charge in [-0.2, -0.15) is 5.10 Å². The van der Waals surface area contributed by atoms with Crippen LogP contribution in [0.5, 0.6) is 5.75 Å². The Morgan fingerprint density at radius 1 is 1.00 bits per heavy atom. The summed E-state index contributed by atoms with van der Waals surface area (Å²) in [4.78, 5) is 34.2. The zero-order valence-electron chi connectivity index (χ0n) is 16.6. The average molecular weight is 417 g/mol. The van der Waals surface area contributed by atoms with Crippen molar-refractivity contribution in [3.8, 4) is 5.75 Å². The molecule has 0 aliphatic heterocycles. The van der Waals surface area contributed by atoms with Crippen molar-refractivity contribution in [2.45, 2.75) is 13.3 Å². The van der Waals surface area contributed by atoms with E-state index in [-0.39, 0.29) is 18.0 Å². The highest BCUT2D eigenvalue weighted by atomic mass is 16.6. The number of esters is 1. The van der Waals surface area contributed by atoms with E-state index < -0.39 is 10.9 Å². The van der Waals surface area contributed by atoms with E-state index in [0.29, 0.717) is 22.4 Å². The Morgan fingerprint density at radius 2 is 1.65 bits per heavy atom. The summed E-state index contributed by atoms with van der Waals surface area (Å²) in [5.41, 5.74) is 5.23. The van der Waals surface area contributed by atoms with Crippen molar-refractivity contribution in [1.29, 1.82) is 0 Å². The largest absolute Gasteiger partial charge is 0.423 e. The quantitative estimate of drug-likeness (QED) is 0.207. The third-order valence-electron chi connectivity index (χ3n) is 4.29. The number of carbonyl (C=O) groups is 2. The summed E-state index contributed by atoms with van der Waals surface area (Å²) < 4.78 is 5.33. The van der Waals surface area contributed by atoms with Gasteiger partial charge in [-0.15, -0.1) is 0 Å². The summed E-state index contributed by atoms with van der Waals surface area (Å²) in [5.74, 6) is -0.404. The van der Waals surface area contributed by atoms with Crippen LogP contribution < -0.4 is 10.2 Å². The SMILES string of the molecule is Cc1ccc(C(=O)Oc2ccc(/C=N/NC(=O)Cc3ccc([N+](=O)[O-])cc3)cc2)cc1. The van der Waals surface area contributed by atoms with Crippen molar-refractivity contribution < 1.29 is 19.2 Å². The zero-order valence-corrected chi connectivity index (χ0v) is 16.6. The van der Waals surface area contributed by atoms with E-state index in [4.69, 9.17) is 4.74 Å². The number of nitrogens with one attached hydrogen (secondary N) is 1. The number of non-ortho nitro benzene ring substituents is 1. The highest BCUT2D eigenvalue weighted by molar-refractivity contribution is 5.91. The number of hydrogen-bond donors (Lipinski definition) is 1. The van der Waals surface area contributed by atoms with Gasteiger partial charge in [-0.05, 0) is 54.4 Å². The molecule has 0 atom stereocenters. The van der Waals surface area contributed by atoms with Crippen LogP contribution in [0.4, 0.5) is 5.69 Å².